The second kappa shape index (κ2) is 12.1. The van der Waals surface area contributed by atoms with Crippen LogP contribution in [0.2, 0.25) is 0 Å². The van der Waals surface area contributed by atoms with Crippen LogP contribution in [-0.2, 0) is 0 Å². The van der Waals surface area contributed by atoms with Crippen LogP contribution >= 0.6 is 0 Å². The maximum atomic E-state index is 14.1. The summed E-state index contributed by atoms with van der Waals surface area (Å²) in [6, 6.07) is 46.3. The number of rotatable bonds is 6. The zero-order valence-corrected chi connectivity index (χ0v) is 27.9. The Labute approximate surface area is 301 Å². The molecule has 0 saturated heterocycles. The molecule has 7 nitrogen and oxygen atoms in total. The van der Waals surface area contributed by atoms with Crippen LogP contribution in [0.1, 0.15) is 20.7 Å². The number of fused-ring (bicyclic) bond motifs is 4. The van der Waals surface area contributed by atoms with Crippen LogP contribution in [0.3, 0.4) is 0 Å². The molecule has 2 heterocycles. The minimum absolute atomic E-state index is 0.143. The zero-order chi connectivity index (χ0) is 36.4. The largest absolute Gasteiger partial charge is 0.478 e. The fourth-order valence-corrected chi connectivity index (χ4v) is 7.32. The Hall–Kier alpha value is -7.38. The van der Waals surface area contributed by atoms with Crippen LogP contribution in [-0.4, -0.2) is 26.6 Å². The predicted molar refractivity (Wildman–Crippen MR) is 209 cm³/mol. The van der Waals surface area contributed by atoms with Crippen molar-refractivity contribution in [3.05, 3.63) is 183 Å². The maximum absolute atomic E-state index is 14.1. The van der Waals surface area contributed by atoms with Crippen molar-refractivity contribution >= 4 is 50.0 Å². The molecule has 2 aromatic heterocycles. The van der Waals surface area contributed by atoms with Gasteiger partial charge in [0.1, 0.15) is 0 Å². The highest BCUT2D eigenvalue weighted by atomic mass is 16.4. The van der Waals surface area contributed by atoms with Crippen molar-refractivity contribution < 1.29 is 19.8 Å². The zero-order valence-electron chi connectivity index (χ0n) is 27.9. The van der Waals surface area contributed by atoms with E-state index in [4.69, 9.17) is 0 Å². The molecule has 0 saturated carbocycles. The highest BCUT2D eigenvalue weighted by Crippen LogP contribution is 2.33. The first kappa shape index (κ1) is 31.6. The van der Waals surface area contributed by atoms with E-state index in [1.165, 1.54) is 0 Å². The number of hydrogen-bond donors (Lipinski definition) is 2. The van der Waals surface area contributed by atoms with Gasteiger partial charge in [-0.3, -0.25) is 9.59 Å². The highest BCUT2D eigenvalue weighted by molar-refractivity contribution is 6.08. The van der Waals surface area contributed by atoms with E-state index in [-0.39, 0.29) is 22.0 Å². The minimum Gasteiger partial charge on any atom is -0.478 e. The molecular formula is C46H27NO6. The normalized spacial score (nSPS) is 11.5. The van der Waals surface area contributed by atoms with Crippen LogP contribution < -0.4 is 10.9 Å². The van der Waals surface area contributed by atoms with Gasteiger partial charge in [-0.05, 0) is 105 Å². The van der Waals surface area contributed by atoms with Crippen molar-refractivity contribution in [2.24, 2.45) is 0 Å². The smallest absolute Gasteiger partial charge is 0.335 e. The van der Waals surface area contributed by atoms with Gasteiger partial charge in [0.15, 0.2) is 10.9 Å². The molecule has 0 radical (unpaired) electrons. The lowest BCUT2D eigenvalue weighted by Crippen LogP contribution is -2.14. The third-order valence-corrected chi connectivity index (χ3v) is 10.1. The third kappa shape index (κ3) is 5.22. The van der Waals surface area contributed by atoms with E-state index < -0.39 is 11.9 Å². The van der Waals surface area contributed by atoms with Crippen molar-refractivity contribution in [2.45, 2.75) is 0 Å². The van der Waals surface area contributed by atoms with Gasteiger partial charge >= 0.3 is 11.9 Å². The number of aromatic carboxylic acids is 2. The highest BCUT2D eigenvalue weighted by Gasteiger charge is 2.18. The summed E-state index contributed by atoms with van der Waals surface area (Å²) in [5.74, 6) is -1.94. The van der Waals surface area contributed by atoms with Gasteiger partial charge in [-0.25, -0.2) is 9.59 Å². The average molecular weight is 690 g/mol. The molecule has 9 aromatic rings. The Bertz CT molecular complexity index is 2850. The van der Waals surface area contributed by atoms with Crippen molar-refractivity contribution in [1.82, 2.24) is 4.40 Å². The predicted octanol–water partition coefficient (Wildman–Crippen LogP) is 9.62. The fourth-order valence-electron chi connectivity index (χ4n) is 7.32. The van der Waals surface area contributed by atoms with Gasteiger partial charge in [0.25, 0.3) is 0 Å². The second-order valence-electron chi connectivity index (χ2n) is 13.1. The van der Waals surface area contributed by atoms with Gasteiger partial charge in [-0.2, -0.15) is 0 Å². The summed E-state index contributed by atoms with van der Waals surface area (Å²) in [6.45, 7) is 0. The van der Waals surface area contributed by atoms with Crippen molar-refractivity contribution in [3.8, 4) is 44.5 Å². The maximum Gasteiger partial charge on any atom is 0.335 e. The topological polar surface area (TPSA) is 113 Å². The number of para-hydroxylation sites is 1. The molecule has 0 bridgehead atoms. The Morgan fingerprint density at radius 2 is 0.679 bits per heavy atom. The minimum atomic E-state index is -0.968. The molecule has 2 N–H and O–H groups in total. The summed E-state index contributed by atoms with van der Waals surface area (Å²) in [7, 11) is 0. The molecule has 7 aromatic carbocycles. The average Bonchev–Trinajstić information content (AvgIpc) is 3.20. The van der Waals surface area contributed by atoms with E-state index in [2.05, 4.69) is 0 Å². The Morgan fingerprint density at radius 3 is 1.02 bits per heavy atom. The van der Waals surface area contributed by atoms with Crippen LogP contribution in [0.15, 0.2) is 161 Å². The monoisotopic (exact) mass is 689 g/mol. The van der Waals surface area contributed by atoms with Gasteiger partial charge < -0.3 is 14.6 Å². The van der Waals surface area contributed by atoms with Crippen LogP contribution in [0.5, 0.6) is 0 Å². The molecule has 0 unspecified atom stereocenters. The van der Waals surface area contributed by atoms with E-state index >= 15 is 0 Å². The first-order chi connectivity index (χ1) is 25.7. The number of benzene rings is 7. The number of aromatic nitrogens is 1. The van der Waals surface area contributed by atoms with Gasteiger partial charge in [0.05, 0.1) is 27.7 Å². The summed E-state index contributed by atoms with van der Waals surface area (Å²) in [4.78, 5) is 50.7. The van der Waals surface area contributed by atoms with E-state index in [1.54, 1.807) is 66.7 Å². The van der Waals surface area contributed by atoms with Gasteiger partial charge in [0, 0.05) is 21.5 Å². The molecule has 0 amide bonds. The molecule has 0 aliphatic carbocycles. The van der Waals surface area contributed by atoms with Crippen molar-refractivity contribution in [2.75, 3.05) is 0 Å². The summed E-state index contributed by atoms with van der Waals surface area (Å²) in [5, 5.41) is 20.5. The number of nitrogens with zero attached hydrogens (tertiary/aromatic N) is 1. The summed E-state index contributed by atoms with van der Waals surface area (Å²) in [6.07, 6.45) is 0. The molecule has 9 rings (SSSR count). The van der Waals surface area contributed by atoms with Crippen molar-refractivity contribution in [1.29, 1.82) is 0 Å². The Balaban J connectivity index is 1.14. The molecular weight excluding hydrogens is 663 g/mol. The summed E-state index contributed by atoms with van der Waals surface area (Å²) < 4.78 is 2.03. The van der Waals surface area contributed by atoms with E-state index in [0.717, 1.165) is 44.5 Å². The van der Waals surface area contributed by atoms with E-state index in [1.807, 2.05) is 89.3 Å². The first-order valence-corrected chi connectivity index (χ1v) is 16.9. The third-order valence-electron chi connectivity index (χ3n) is 10.1. The SMILES string of the molecule is O=C(O)c1ccc(-c2ccc(-c3ccc4c(c3)c(=O)c3cccc5c(=O)c6cc(-c7ccc(-c8ccc(C(=O)O)cc8)cc7)ccc6n4c35)cc2)cc1. The molecule has 0 aliphatic heterocycles. The molecule has 7 heteroatoms. The summed E-state index contributed by atoms with van der Waals surface area (Å²) >= 11 is 0. The van der Waals surface area contributed by atoms with Crippen LogP contribution in [0.4, 0.5) is 0 Å². The van der Waals surface area contributed by atoms with Crippen molar-refractivity contribution in [3.63, 3.8) is 0 Å². The van der Waals surface area contributed by atoms with Crippen LogP contribution in [0, 0.1) is 0 Å². The number of pyridine rings is 2. The van der Waals surface area contributed by atoms with Gasteiger partial charge in [-0.1, -0.05) is 91.0 Å². The molecule has 0 aliphatic rings. The number of hydrogen-bond acceptors (Lipinski definition) is 4. The molecule has 252 valence electrons. The van der Waals surface area contributed by atoms with E-state index in [0.29, 0.717) is 38.1 Å². The van der Waals surface area contributed by atoms with Crippen LogP contribution in [0.25, 0.3) is 82.6 Å². The van der Waals surface area contributed by atoms with Gasteiger partial charge in [-0.15, -0.1) is 0 Å². The molecule has 53 heavy (non-hydrogen) atoms. The lowest BCUT2D eigenvalue weighted by atomic mass is 9.96. The van der Waals surface area contributed by atoms with E-state index in [9.17, 15) is 29.4 Å². The second-order valence-corrected chi connectivity index (χ2v) is 13.1. The number of carbonyl (C=O) groups is 2. The lowest BCUT2D eigenvalue weighted by Gasteiger charge is -2.16. The molecule has 0 spiro atoms. The standard InChI is InChI=1S/C46H27NO6/c48-43-36-2-1-3-37-42(36)47(40-22-20-34(24-38(40)43)30-8-4-26(5-9-30)28-12-16-32(17-13-28)45(50)51)41-23-21-35(25-39(41)44(37)49)31-10-6-27(7-11-31)29-14-18-33(19-15-29)46(52)53/h1-25H,(H,50,51)(H,52,53). The summed E-state index contributed by atoms with van der Waals surface area (Å²) in [5.41, 5.74) is 9.45. The van der Waals surface area contributed by atoms with Gasteiger partial charge in [0.2, 0.25) is 0 Å². The number of carboxylic acid groups (broad SMARTS) is 2. The Kier molecular flexibility index (Phi) is 7.24. The molecule has 0 fully saturated rings. The first-order valence-electron chi connectivity index (χ1n) is 16.9. The Morgan fingerprint density at radius 1 is 0.377 bits per heavy atom. The fraction of sp³-hybridized carbons (Fsp3) is 0. The lowest BCUT2D eigenvalue weighted by molar-refractivity contribution is 0.0686. The molecule has 0 atom stereocenters. The number of carboxylic acids is 2. The quantitative estimate of drug-likeness (QED) is 0.133.